The molecule has 0 heterocycles. The van der Waals surface area contributed by atoms with Crippen LogP contribution >= 0.6 is 0 Å². The average molecular weight is 260 g/mol. The van der Waals surface area contributed by atoms with Gasteiger partial charge in [-0.3, -0.25) is 4.90 Å². The number of hydrogen-bond donors (Lipinski definition) is 2. The number of nitrogens with two attached hydrogens (primary N) is 1. The highest BCUT2D eigenvalue weighted by molar-refractivity contribution is 4.93. The number of aliphatic hydroxyl groups is 1. The summed E-state index contributed by atoms with van der Waals surface area (Å²) in [5.41, 5.74) is 5.80. The third-order valence-electron chi connectivity index (χ3n) is 3.85. The van der Waals surface area contributed by atoms with E-state index in [4.69, 9.17) is 15.2 Å². The Balaban J connectivity index is 2.53. The number of aliphatic hydroxyl groups excluding tert-OH is 1. The molecule has 18 heavy (non-hydrogen) atoms. The third-order valence-corrected chi connectivity index (χ3v) is 3.85. The van der Waals surface area contributed by atoms with Crippen molar-refractivity contribution in [3.8, 4) is 0 Å². The predicted octanol–water partition coefficient (Wildman–Crippen LogP) is 0.214. The first-order chi connectivity index (χ1) is 8.65. The zero-order valence-electron chi connectivity index (χ0n) is 11.7. The van der Waals surface area contributed by atoms with Gasteiger partial charge in [-0.15, -0.1) is 0 Å². The van der Waals surface area contributed by atoms with Gasteiger partial charge in [0.05, 0.1) is 19.8 Å². The third kappa shape index (κ3) is 4.82. The molecular weight excluding hydrogens is 232 g/mol. The summed E-state index contributed by atoms with van der Waals surface area (Å²) >= 11 is 0. The topological polar surface area (TPSA) is 68.0 Å². The molecule has 5 nitrogen and oxygen atoms in total. The zero-order chi connectivity index (χ0) is 13.4. The van der Waals surface area contributed by atoms with Crippen LogP contribution in [-0.4, -0.2) is 68.7 Å². The highest BCUT2D eigenvalue weighted by atomic mass is 16.5. The van der Waals surface area contributed by atoms with Crippen molar-refractivity contribution in [2.24, 2.45) is 5.73 Å². The smallest absolute Gasteiger partial charge is 0.0611 e. The molecule has 0 aliphatic heterocycles. The van der Waals surface area contributed by atoms with E-state index in [2.05, 4.69) is 4.90 Å². The van der Waals surface area contributed by atoms with Gasteiger partial charge in [0.2, 0.25) is 0 Å². The van der Waals surface area contributed by atoms with Crippen LogP contribution in [-0.2, 0) is 9.47 Å². The van der Waals surface area contributed by atoms with Crippen molar-refractivity contribution in [1.82, 2.24) is 4.90 Å². The molecule has 0 amide bonds. The van der Waals surface area contributed by atoms with Crippen LogP contribution in [0.3, 0.4) is 0 Å². The Hall–Kier alpha value is -0.200. The second-order valence-electron chi connectivity index (χ2n) is 5.29. The molecule has 0 bridgehead atoms. The fraction of sp³-hybridized carbons (Fsp3) is 1.00. The maximum absolute atomic E-state index is 9.41. The minimum atomic E-state index is -0.401. The van der Waals surface area contributed by atoms with Gasteiger partial charge in [-0.1, -0.05) is 0 Å². The van der Waals surface area contributed by atoms with Crippen molar-refractivity contribution in [2.75, 3.05) is 47.1 Å². The minimum absolute atomic E-state index is 0.0753. The fourth-order valence-electron chi connectivity index (χ4n) is 2.71. The standard InChI is InChI=1S/C13H28N2O3/c1-17-8-6-15(7-9-18-2)12-4-3-5-13(14,10-12)11-16/h12,16H,3-11,14H2,1-2H3. The van der Waals surface area contributed by atoms with Crippen LogP contribution in [0.15, 0.2) is 0 Å². The van der Waals surface area contributed by atoms with Gasteiger partial charge in [-0.2, -0.15) is 0 Å². The van der Waals surface area contributed by atoms with E-state index in [-0.39, 0.29) is 6.61 Å². The molecule has 5 heteroatoms. The number of methoxy groups -OCH3 is 2. The summed E-state index contributed by atoms with van der Waals surface area (Å²) in [4.78, 5) is 2.38. The molecule has 108 valence electrons. The van der Waals surface area contributed by atoms with Crippen LogP contribution in [0.4, 0.5) is 0 Å². The second-order valence-corrected chi connectivity index (χ2v) is 5.29. The molecule has 1 saturated carbocycles. The summed E-state index contributed by atoms with van der Waals surface area (Å²) in [6, 6.07) is 0.432. The van der Waals surface area contributed by atoms with Crippen LogP contribution in [0.2, 0.25) is 0 Å². The zero-order valence-corrected chi connectivity index (χ0v) is 11.7. The average Bonchev–Trinajstić information content (AvgIpc) is 2.39. The molecule has 3 N–H and O–H groups in total. The van der Waals surface area contributed by atoms with Crippen molar-refractivity contribution in [2.45, 2.75) is 37.3 Å². The van der Waals surface area contributed by atoms with E-state index in [9.17, 15) is 5.11 Å². The molecule has 0 radical (unpaired) electrons. The van der Waals surface area contributed by atoms with Gasteiger partial charge in [-0.05, 0) is 25.7 Å². The normalized spacial score (nSPS) is 28.8. The first-order valence-electron chi connectivity index (χ1n) is 6.77. The summed E-state index contributed by atoms with van der Waals surface area (Å²) in [5, 5.41) is 9.41. The van der Waals surface area contributed by atoms with Gasteiger partial charge >= 0.3 is 0 Å². The van der Waals surface area contributed by atoms with Crippen molar-refractivity contribution in [3.63, 3.8) is 0 Å². The van der Waals surface area contributed by atoms with E-state index in [0.717, 1.165) is 52.0 Å². The lowest BCUT2D eigenvalue weighted by molar-refractivity contribution is 0.0453. The summed E-state index contributed by atoms with van der Waals surface area (Å²) in [5.74, 6) is 0. The monoisotopic (exact) mass is 260 g/mol. The Morgan fingerprint density at radius 2 is 1.89 bits per heavy atom. The quantitative estimate of drug-likeness (QED) is 0.653. The lowest BCUT2D eigenvalue weighted by Gasteiger charge is -2.42. The number of rotatable bonds is 8. The largest absolute Gasteiger partial charge is 0.394 e. The van der Waals surface area contributed by atoms with E-state index in [0.29, 0.717) is 6.04 Å². The lowest BCUT2D eigenvalue weighted by Crippen LogP contribution is -2.54. The summed E-state index contributed by atoms with van der Waals surface area (Å²) in [6.07, 6.45) is 4.00. The van der Waals surface area contributed by atoms with Crippen LogP contribution in [0, 0.1) is 0 Å². The lowest BCUT2D eigenvalue weighted by atomic mass is 9.79. The van der Waals surface area contributed by atoms with E-state index in [1.165, 1.54) is 0 Å². The number of hydrogen-bond acceptors (Lipinski definition) is 5. The Bertz CT molecular complexity index is 220. The summed E-state index contributed by atoms with van der Waals surface area (Å²) < 4.78 is 10.3. The van der Waals surface area contributed by atoms with E-state index in [1.807, 2.05) is 0 Å². The Morgan fingerprint density at radius 1 is 1.28 bits per heavy atom. The van der Waals surface area contributed by atoms with Crippen LogP contribution < -0.4 is 5.73 Å². The predicted molar refractivity (Wildman–Crippen MR) is 71.6 cm³/mol. The second kappa shape index (κ2) is 8.07. The van der Waals surface area contributed by atoms with Gasteiger partial charge in [-0.25, -0.2) is 0 Å². The molecule has 0 aromatic carbocycles. The van der Waals surface area contributed by atoms with Gasteiger partial charge in [0.25, 0.3) is 0 Å². The number of ether oxygens (including phenoxy) is 2. The van der Waals surface area contributed by atoms with Crippen LogP contribution in [0.1, 0.15) is 25.7 Å². The minimum Gasteiger partial charge on any atom is -0.394 e. The van der Waals surface area contributed by atoms with Crippen molar-refractivity contribution < 1.29 is 14.6 Å². The van der Waals surface area contributed by atoms with Gasteiger partial charge in [0.15, 0.2) is 0 Å². The van der Waals surface area contributed by atoms with Crippen molar-refractivity contribution in [1.29, 1.82) is 0 Å². The first-order valence-corrected chi connectivity index (χ1v) is 6.77. The fourth-order valence-corrected chi connectivity index (χ4v) is 2.71. The van der Waals surface area contributed by atoms with E-state index in [1.54, 1.807) is 14.2 Å². The molecule has 1 aliphatic rings. The summed E-state index contributed by atoms with van der Waals surface area (Å²) in [6.45, 7) is 3.30. The summed E-state index contributed by atoms with van der Waals surface area (Å²) in [7, 11) is 3.44. The van der Waals surface area contributed by atoms with Crippen LogP contribution in [0.5, 0.6) is 0 Å². The molecule has 2 unspecified atom stereocenters. The van der Waals surface area contributed by atoms with Gasteiger partial charge in [0, 0.05) is 38.9 Å². The van der Waals surface area contributed by atoms with Crippen molar-refractivity contribution >= 4 is 0 Å². The van der Waals surface area contributed by atoms with Gasteiger partial charge < -0.3 is 20.3 Å². The molecule has 1 rings (SSSR count). The first kappa shape index (κ1) is 15.9. The molecule has 0 saturated heterocycles. The Labute approximate surface area is 110 Å². The molecule has 0 aromatic rings. The van der Waals surface area contributed by atoms with E-state index >= 15 is 0 Å². The Kier molecular flexibility index (Phi) is 7.11. The molecule has 1 fully saturated rings. The molecule has 0 aromatic heterocycles. The maximum Gasteiger partial charge on any atom is 0.0611 e. The van der Waals surface area contributed by atoms with Gasteiger partial charge in [0.1, 0.15) is 0 Å². The molecule has 0 spiro atoms. The highest BCUT2D eigenvalue weighted by Crippen LogP contribution is 2.29. The Morgan fingerprint density at radius 3 is 2.39 bits per heavy atom. The molecular formula is C13H28N2O3. The highest BCUT2D eigenvalue weighted by Gasteiger charge is 2.34. The molecule has 2 atom stereocenters. The number of nitrogens with zero attached hydrogens (tertiary/aromatic N) is 1. The van der Waals surface area contributed by atoms with Crippen molar-refractivity contribution in [3.05, 3.63) is 0 Å². The van der Waals surface area contributed by atoms with Crippen LogP contribution in [0.25, 0.3) is 0 Å². The molecule has 1 aliphatic carbocycles. The maximum atomic E-state index is 9.41. The van der Waals surface area contributed by atoms with E-state index < -0.39 is 5.54 Å². The SMILES string of the molecule is COCCN(CCOC)C1CCCC(N)(CO)C1.